The van der Waals surface area contributed by atoms with Gasteiger partial charge in [0.25, 0.3) is 0 Å². The van der Waals surface area contributed by atoms with Crippen LogP contribution in [0.2, 0.25) is 0 Å². The van der Waals surface area contributed by atoms with E-state index in [9.17, 15) is 5.21 Å². The standard InChI is InChI=1S/C24H34N2O2/c1-2-3-4-5-6-7-8-9-10-11-20-28-24-14-12-23(13-15-24)25-21-22-16-18-26(27)19-17-22/h12-19,21H,2-11,20H2,1H3. The second kappa shape index (κ2) is 13.8. The van der Waals surface area contributed by atoms with Crippen molar-refractivity contribution in [3.63, 3.8) is 0 Å². The number of aromatic nitrogens is 1. The highest BCUT2D eigenvalue weighted by atomic mass is 16.5. The van der Waals surface area contributed by atoms with E-state index in [-0.39, 0.29) is 0 Å². The summed E-state index contributed by atoms with van der Waals surface area (Å²) in [5.74, 6) is 0.891. The number of hydrogen-bond acceptors (Lipinski definition) is 3. The van der Waals surface area contributed by atoms with E-state index in [0.717, 1.165) is 34.8 Å². The molecule has 2 aromatic rings. The van der Waals surface area contributed by atoms with E-state index in [2.05, 4.69) is 11.9 Å². The molecule has 0 aliphatic carbocycles. The summed E-state index contributed by atoms with van der Waals surface area (Å²) in [6.45, 7) is 3.04. The molecule has 0 spiro atoms. The Kier molecular flexibility index (Phi) is 10.8. The normalized spacial score (nSPS) is 11.2. The van der Waals surface area contributed by atoms with E-state index in [1.807, 2.05) is 24.3 Å². The first kappa shape index (κ1) is 21.9. The maximum atomic E-state index is 11.0. The molecule has 0 saturated carbocycles. The van der Waals surface area contributed by atoms with Crippen molar-refractivity contribution >= 4 is 11.9 Å². The lowest BCUT2D eigenvalue weighted by molar-refractivity contribution is -0.605. The highest BCUT2D eigenvalue weighted by Gasteiger charge is 1.97. The van der Waals surface area contributed by atoms with Gasteiger partial charge in [0.1, 0.15) is 5.75 Å². The Morgan fingerprint density at radius 2 is 1.39 bits per heavy atom. The van der Waals surface area contributed by atoms with Crippen molar-refractivity contribution in [2.75, 3.05) is 6.61 Å². The van der Waals surface area contributed by atoms with Gasteiger partial charge in [-0.15, -0.1) is 0 Å². The lowest BCUT2D eigenvalue weighted by Gasteiger charge is -2.06. The third-order valence-electron chi connectivity index (χ3n) is 4.79. The fourth-order valence-electron chi connectivity index (χ4n) is 3.07. The van der Waals surface area contributed by atoms with Crippen molar-refractivity contribution in [1.29, 1.82) is 0 Å². The van der Waals surface area contributed by atoms with Crippen molar-refractivity contribution in [3.8, 4) is 5.75 Å². The zero-order valence-corrected chi connectivity index (χ0v) is 17.2. The first-order valence-electron chi connectivity index (χ1n) is 10.7. The number of hydrogen-bond donors (Lipinski definition) is 0. The molecule has 0 saturated heterocycles. The minimum Gasteiger partial charge on any atom is -0.619 e. The highest BCUT2D eigenvalue weighted by molar-refractivity contribution is 5.81. The van der Waals surface area contributed by atoms with E-state index in [1.165, 1.54) is 70.2 Å². The van der Waals surface area contributed by atoms with Gasteiger partial charge in [0, 0.05) is 23.9 Å². The van der Waals surface area contributed by atoms with E-state index in [0.29, 0.717) is 0 Å². The molecule has 0 unspecified atom stereocenters. The van der Waals surface area contributed by atoms with Gasteiger partial charge in [0.05, 0.1) is 12.3 Å². The summed E-state index contributed by atoms with van der Waals surface area (Å²) in [7, 11) is 0. The van der Waals surface area contributed by atoms with Gasteiger partial charge in [0.2, 0.25) is 0 Å². The molecule has 4 nitrogen and oxygen atoms in total. The van der Waals surface area contributed by atoms with Gasteiger partial charge in [0.15, 0.2) is 12.4 Å². The quantitative estimate of drug-likeness (QED) is 0.165. The van der Waals surface area contributed by atoms with Crippen LogP contribution >= 0.6 is 0 Å². The van der Waals surface area contributed by atoms with Gasteiger partial charge in [-0.05, 0) is 30.7 Å². The minimum atomic E-state index is 0.762. The van der Waals surface area contributed by atoms with E-state index >= 15 is 0 Å². The van der Waals surface area contributed by atoms with Gasteiger partial charge in [-0.25, -0.2) is 0 Å². The summed E-state index contributed by atoms with van der Waals surface area (Å²) in [6, 6.07) is 11.3. The van der Waals surface area contributed by atoms with Crippen molar-refractivity contribution in [1.82, 2.24) is 0 Å². The molecule has 28 heavy (non-hydrogen) atoms. The molecule has 0 radical (unpaired) electrons. The average molecular weight is 383 g/mol. The van der Waals surface area contributed by atoms with Crippen molar-refractivity contribution < 1.29 is 9.47 Å². The number of ether oxygens (including phenoxy) is 1. The summed E-state index contributed by atoms with van der Waals surface area (Å²) in [5, 5.41) is 11.0. The van der Waals surface area contributed by atoms with Crippen molar-refractivity contribution in [2.45, 2.75) is 71.1 Å². The Morgan fingerprint density at radius 3 is 2.00 bits per heavy atom. The first-order chi connectivity index (χ1) is 13.8. The summed E-state index contributed by atoms with van der Waals surface area (Å²) in [4.78, 5) is 4.42. The third kappa shape index (κ3) is 9.54. The van der Waals surface area contributed by atoms with Gasteiger partial charge in [-0.2, -0.15) is 4.73 Å². The van der Waals surface area contributed by atoms with Crippen LogP contribution in [-0.2, 0) is 0 Å². The van der Waals surface area contributed by atoms with Gasteiger partial charge >= 0.3 is 0 Å². The SMILES string of the molecule is CCCCCCCCCCCCOc1ccc(N=Cc2cc[n+]([O-])cc2)cc1. The minimum absolute atomic E-state index is 0.762. The van der Waals surface area contributed by atoms with Crippen LogP contribution in [0.25, 0.3) is 0 Å². The van der Waals surface area contributed by atoms with Crippen LogP contribution in [0.3, 0.4) is 0 Å². The summed E-state index contributed by atoms with van der Waals surface area (Å²) in [5.41, 5.74) is 1.76. The summed E-state index contributed by atoms with van der Waals surface area (Å²) < 4.78 is 6.58. The number of nitrogens with zero attached hydrogens (tertiary/aromatic N) is 2. The lowest BCUT2D eigenvalue weighted by atomic mass is 10.1. The van der Waals surface area contributed by atoms with Crippen LogP contribution in [0.1, 0.15) is 76.7 Å². The Morgan fingerprint density at radius 1 is 0.821 bits per heavy atom. The molecule has 4 heteroatoms. The Balaban J connectivity index is 1.54. The third-order valence-corrected chi connectivity index (χ3v) is 4.79. The predicted molar refractivity (Wildman–Crippen MR) is 116 cm³/mol. The topological polar surface area (TPSA) is 48.5 Å². The Hall–Kier alpha value is -2.36. The number of rotatable bonds is 14. The smallest absolute Gasteiger partial charge is 0.181 e. The van der Waals surface area contributed by atoms with Crippen LogP contribution in [-0.4, -0.2) is 12.8 Å². The lowest BCUT2D eigenvalue weighted by Crippen LogP contribution is -2.23. The molecule has 1 aromatic carbocycles. The number of benzene rings is 1. The molecule has 1 heterocycles. The molecule has 152 valence electrons. The summed E-state index contributed by atoms with van der Waals surface area (Å²) >= 11 is 0. The molecule has 0 atom stereocenters. The first-order valence-corrected chi connectivity index (χ1v) is 10.7. The number of aliphatic imine (C=N–C) groups is 1. The van der Waals surface area contributed by atoms with Gasteiger partial charge in [-0.1, -0.05) is 64.7 Å². The highest BCUT2D eigenvalue weighted by Crippen LogP contribution is 2.18. The van der Waals surface area contributed by atoms with Crippen LogP contribution in [0.5, 0.6) is 5.75 Å². The maximum absolute atomic E-state index is 11.0. The molecule has 0 fully saturated rings. The van der Waals surface area contributed by atoms with Gasteiger partial charge in [-0.3, -0.25) is 4.99 Å². The largest absolute Gasteiger partial charge is 0.619 e. The maximum Gasteiger partial charge on any atom is 0.181 e. The molecule has 0 N–H and O–H groups in total. The second-order valence-electron chi connectivity index (χ2n) is 7.27. The molecule has 0 amide bonds. The second-order valence-corrected chi connectivity index (χ2v) is 7.27. The van der Waals surface area contributed by atoms with E-state index < -0.39 is 0 Å². The van der Waals surface area contributed by atoms with Crippen molar-refractivity contribution in [2.24, 2.45) is 4.99 Å². The Labute approximate surface area is 169 Å². The number of unbranched alkanes of at least 4 members (excludes halogenated alkanes) is 9. The monoisotopic (exact) mass is 382 g/mol. The van der Waals surface area contributed by atoms with Crippen LogP contribution in [0.4, 0.5) is 5.69 Å². The average Bonchev–Trinajstić information content (AvgIpc) is 2.72. The Bertz CT molecular complexity index is 666. The molecule has 0 aliphatic heterocycles. The predicted octanol–water partition coefficient (Wildman–Crippen LogP) is 6.37. The fraction of sp³-hybridized carbons (Fsp3) is 0.500. The van der Waals surface area contributed by atoms with Crippen LogP contribution < -0.4 is 9.47 Å². The zero-order valence-electron chi connectivity index (χ0n) is 17.2. The van der Waals surface area contributed by atoms with E-state index in [4.69, 9.17) is 4.74 Å². The van der Waals surface area contributed by atoms with E-state index in [1.54, 1.807) is 18.3 Å². The molecular formula is C24H34N2O2. The molecule has 0 bridgehead atoms. The van der Waals surface area contributed by atoms with Gasteiger partial charge < -0.3 is 9.94 Å². The van der Waals surface area contributed by atoms with Crippen LogP contribution in [0.15, 0.2) is 53.8 Å². The molecular weight excluding hydrogens is 348 g/mol. The zero-order chi connectivity index (χ0) is 19.9. The van der Waals surface area contributed by atoms with Crippen molar-refractivity contribution in [3.05, 3.63) is 59.6 Å². The van der Waals surface area contributed by atoms with Crippen LogP contribution in [0, 0.1) is 5.21 Å². The molecule has 1 aromatic heterocycles. The molecule has 2 rings (SSSR count). The molecule has 0 aliphatic rings. The fourth-order valence-corrected chi connectivity index (χ4v) is 3.07. The summed E-state index contributed by atoms with van der Waals surface area (Å²) in [6.07, 6.45) is 18.0. The number of pyridine rings is 1.